The van der Waals surface area contributed by atoms with Crippen LogP contribution in [-0.4, -0.2) is 15.0 Å². The number of para-hydroxylation sites is 1. The molecule has 0 saturated carbocycles. The summed E-state index contributed by atoms with van der Waals surface area (Å²) in [6.45, 7) is 0. The van der Waals surface area contributed by atoms with E-state index < -0.39 is 0 Å². The highest BCUT2D eigenvalue weighted by Crippen LogP contribution is 2.37. The van der Waals surface area contributed by atoms with Crippen molar-refractivity contribution in [2.24, 2.45) is 0 Å². The van der Waals surface area contributed by atoms with Crippen molar-refractivity contribution in [2.45, 2.75) is 0 Å². The molecule has 0 spiro atoms. The number of fused-ring (bicyclic) bond motifs is 1. The topological polar surface area (TPSA) is 41.6 Å². The lowest BCUT2D eigenvalue weighted by atomic mass is 10.0. The normalized spacial score (nSPS) is 11.0. The van der Waals surface area contributed by atoms with Gasteiger partial charge in [-0.1, -0.05) is 54.6 Å². The van der Waals surface area contributed by atoms with Gasteiger partial charge in [-0.3, -0.25) is 4.98 Å². The maximum absolute atomic E-state index is 4.96. The van der Waals surface area contributed by atoms with E-state index in [9.17, 15) is 0 Å². The molecule has 0 bridgehead atoms. The minimum Gasteiger partial charge on any atom is -0.354 e. The molecule has 27 heavy (non-hydrogen) atoms. The Kier molecular flexibility index (Phi) is 3.76. The molecule has 5 aromatic rings. The smallest absolute Gasteiger partial charge is 0.0737 e. The molecule has 0 radical (unpaired) electrons. The molecular weight excluding hydrogens is 330 g/mol. The Labute approximate surface area is 157 Å². The first-order valence-corrected chi connectivity index (χ1v) is 8.94. The average Bonchev–Trinajstić information content (AvgIpc) is 3.15. The third-order valence-electron chi connectivity index (χ3n) is 4.73. The van der Waals surface area contributed by atoms with Gasteiger partial charge < -0.3 is 4.98 Å². The average molecular weight is 347 g/mol. The van der Waals surface area contributed by atoms with Crippen LogP contribution in [0.1, 0.15) is 0 Å². The number of hydrogen-bond acceptors (Lipinski definition) is 2. The highest BCUT2D eigenvalue weighted by atomic mass is 14.8. The Balaban J connectivity index is 1.76. The minimum absolute atomic E-state index is 0.921. The molecule has 2 aromatic carbocycles. The summed E-state index contributed by atoms with van der Waals surface area (Å²) in [5, 5.41) is 1.17. The number of pyridine rings is 2. The van der Waals surface area contributed by atoms with Gasteiger partial charge in [-0.15, -0.1) is 0 Å². The van der Waals surface area contributed by atoms with Crippen molar-refractivity contribution in [3.8, 4) is 33.8 Å². The van der Waals surface area contributed by atoms with Crippen LogP contribution in [0.25, 0.3) is 44.7 Å². The molecule has 3 heterocycles. The van der Waals surface area contributed by atoms with Crippen LogP contribution < -0.4 is 0 Å². The van der Waals surface area contributed by atoms with Crippen molar-refractivity contribution in [1.82, 2.24) is 15.0 Å². The van der Waals surface area contributed by atoms with Gasteiger partial charge in [0.15, 0.2) is 0 Å². The van der Waals surface area contributed by atoms with Gasteiger partial charge in [0.05, 0.1) is 17.1 Å². The zero-order valence-electron chi connectivity index (χ0n) is 14.6. The zero-order valence-corrected chi connectivity index (χ0v) is 14.6. The van der Waals surface area contributed by atoms with Gasteiger partial charge in [0, 0.05) is 34.4 Å². The molecule has 5 rings (SSSR count). The second-order valence-corrected chi connectivity index (χ2v) is 6.44. The lowest BCUT2D eigenvalue weighted by Crippen LogP contribution is -1.90. The van der Waals surface area contributed by atoms with E-state index in [4.69, 9.17) is 4.98 Å². The van der Waals surface area contributed by atoms with Crippen LogP contribution in [0.4, 0.5) is 0 Å². The molecule has 0 amide bonds. The third kappa shape index (κ3) is 2.79. The van der Waals surface area contributed by atoms with E-state index in [1.54, 1.807) is 6.20 Å². The first-order valence-electron chi connectivity index (χ1n) is 8.94. The lowest BCUT2D eigenvalue weighted by molar-refractivity contribution is 1.28. The van der Waals surface area contributed by atoms with Crippen molar-refractivity contribution in [3.63, 3.8) is 0 Å². The molecule has 0 fully saturated rings. The lowest BCUT2D eigenvalue weighted by Gasteiger charge is -2.07. The molecule has 0 unspecified atom stereocenters. The molecule has 1 N–H and O–H groups in total. The molecule has 0 aliphatic heterocycles. The van der Waals surface area contributed by atoms with Crippen LogP contribution in [0, 0.1) is 0 Å². The number of hydrogen-bond donors (Lipinski definition) is 1. The van der Waals surface area contributed by atoms with Gasteiger partial charge in [-0.25, -0.2) is 4.98 Å². The summed E-state index contributed by atoms with van der Waals surface area (Å²) >= 11 is 0. The van der Waals surface area contributed by atoms with Gasteiger partial charge >= 0.3 is 0 Å². The predicted octanol–water partition coefficient (Wildman–Crippen LogP) is 5.96. The van der Waals surface area contributed by atoms with Crippen LogP contribution in [0.3, 0.4) is 0 Å². The molecule has 0 saturated heterocycles. The summed E-state index contributed by atoms with van der Waals surface area (Å²) in [5.41, 5.74) is 7.37. The van der Waals surface area contributed by atoms with Crippen molar-refractivity contribution in [2.75, 3.05) is 0 Å². The number of nitrogens with one attached hydrogen (secondary N) is 1. The number of nitrogens with zero attached hydrogens (tertiary/aromatic N) is 2. The summed E-state index contributed by atoms with van der Waals surface area (Å²) < 4.78 is 0. The van der Waals surface area contributed by atoms with E-state index in [2.05, 4.69) is 70.6 Å². The first-order chi connectivity index (χ1) is 13.4. The first kappa shape index (κ1) is 15.5. The van der Waals surface area contributed by atoms with E-state index in [-0.39, 0.29) is 0 Å². The third-order valence-corrected chi connectivity index (χ3v) is 4.73. The summed E-state index contributed by atoms with van der Waals surface area (Å²) in [6.07, 6.45) is 3.62. The molecule has 3 nitrogen and oxygen atoms in total. The van der Waals surface area contributed by atoms with Gasteiger partial charge in [0.2, 0.25) is 0 Å². The Morgan fingerprint density at radius 3 is 2.26 bits per heavy atom. The van der Waals surface area contributed by atoms with Gasteiger partial charge in [-0.05, 0) is 35.9 Å². The predicted molar refractivity (Wildman–Crippen MR) is 110 cm³/mol. The molecule has 0 aliphatic carbocycles. The molecule has 3 heteroatoms. The van der Waals surface area contributed by atoms with E-state index >= 15 is 0 Å². The molecule has 128 valence electrons. The number of rotatable bonds is 3. The van der Waals surface area contributed by atoms with E-state index in [0.717, 1.165) is 39.3 Å². The number of aromatic amines is 1. The Morgan fingerprint density at radius 1 is 0.630 bits per heavy atom. The molecule has 0 aliphatic rings. The maximum Gasteiger partial charge on any atom is 0.0737 e. The van der Waals surface area contributed by atoms with E-state index in [1.807, 2.05) is 30.5 Å². The number of benzene rings is 2. The van der Waals surface area contributed by atoms with Crippen molar-refractivity contribution < 1.29 is 0 Å². The second kappa shape index (κ2) is 6.54. The highest BCUT2D eigenvalue weighted by Gasteiger charge is 2.16. The maximum atomic E-state index is 4.96. The fourth-order valence-corrected chi connectivity index (χ4v) is 3.48. The SMILES string of the molecule is c1ccc(-c2[nH]c3ccccc3c2-c2cccc(-c3cccnc3)n2)cc1. The fourth-order valence-electron chi connectivity index (χ4n) is 3.48. The van der Waals surface area contributed by atoms with Gasteiger partial charge in [0.25, 0.3) is 0 Å². The minimum atomic E-state index is 0.921. The summed E-state index contributed by atoms with van der Waals surface area (Å²) in [6, 6.07) is 28.9. The Bertz CT molecular complexity index is 1210. The van der Waals surface area contributed by atoms with Crippen LogP contribution >= 0.6 is 0 Å². The summed E-state index contributed by atoms with van der Waals surface area (Å²) in [5.74, 6) is 0. The van der Waals surface area contributed by atoms with Crippen LogP contribution in [0.2, 0.25) is 0 Å². The summed E-state index contributed by atoms with van der Waals surface area (Å²) in [7, 11) is 0. The van der Waals surface area contributed by atoms with Crippen LogP contribution in [0.5, 0.6) is 0 Å². The molecule has 0 atom stereocenters. The molecular formula is C24H17N3. The quantitative estimate of drug-likeness (QED) is 0.437. The number of H-pyrrole nitrogens is 1. The number of aromatic nitrogens is 3. The standard InChI is InChI=1S/C24H17N3/c1-2-8-17(9-3-1)24-23(19-11-4-5-12-21(19)27-24)22-14-6-13-20(26-22)18-10-7-15-25-16-18/h1-16,27H. The van der Waals surface area contributed by atoms with Crippen molar-refractivity contribution >= 4 is 10.9 Å². The van der Waals surface area contributed by atoms with Gasteiger partial charge in [0.1, 0.15) is 0 Å². The van der Waals surface area contributed by atoms with Crippen molar-refractivity contribution in [1.29, 1.82) is 0 Å². The second-order valence-electron chi connectivity index (χ2n) is 6.44. The van der Waals surface area contributed by atoms with Crippen LogP contribution in [0.15, 0.2) is 97.3 Å². The fraction of sp³-hybridized carbons (Fsp3) is 0. The van der Waals surface area contributed by atoms with E-state index in [0.29, 0.717) is 0 Å². The highest BCUT2D eigenvalue weighted by molar-refractivity contribution is 6.03. The van der Waals surface area contributed by atoms with Crippen molar-refractivity contribution in [3.05, 3.63) is 97.3 Å². The summed E-state index contributed by atoms with van der Waals surface area (Å²) in [4.78, 5) is 12.8. The zero-order chi connectivity index (χ0) is 18.1. The monoisotopic (exact) mass is 347 g/mol. The Hall–Kier alpha value is -3.72. The van der Waals surface area contributed by atoms with Crippen LogP contribution in [-0.2, 0) is 0 Å². The largest absolute Gasteiger partial charge is 0.354 e. The Morgan fingerprint density at radius 2 is 1.41 bits per heavy atom. The van der Waals surface area contributed by atoms with Gasteiger partial charge in [-0.2, -0.15) is 0 Å². The van der Waals surface area contributed by atoms with E-state index in [1.165, 1.54) is 5.39 Å². The molecule has 3 aromatic heterocycles.